The summed E-state index contributed by atoms with van der Waals surface area (Å²) in [4.78, 5) is 30.6. The standard InChI is InChI=1S/C24H28N2O3/c1-25-22(17-11-13-18(29-2)14-12-17)21(19-9-5-6-10-20(19)23(25)27)24(28)26-15-7-3-4-8-16-26/h5-6,9-14,21-22H,3-4,7-8,15-16H2,1-2H3/t21-,22-/m1/s1. The molecule has 0 unspecified atom stereocenters. The van der Waals surface area contributed by atoms with Gasteiger partial charge in [0, 0.05) is 25.7 Å². The summed E-state index contributed by atoms with van der Waals surface area (Å²) < 4.78 is 5.29. The Labute approximate surface area is 172 Å². The van der Waals surface area contributed by atoms with E-state index in [4.69, 9.17) is 4.74 Å². The van der Waals surface area contributed by atoms with Gasteiger partial charge in [-0.25, -0.2) is 0 Å². The third-order valence-electron chi connectivity index (χ3n) is 6.22. The first-order valence-electron chi connectivity index (χ1n) is 10.4. The Morgan fingerprint density at radius 3 is 2.28 bits per heavy atom. The second-order valence-corrected chi connectivity index (χ2v) is 7.94. The van der Waals surface area contributed by atoms with Crippen LogP contribution in [0.2, 0.25) is 0 Å². The number of methoxy groups -OCH3 is 1. The van der Waals surface area contributed by atoms with Gasteiger partial charge in [0.25, 0.3) is 5.91 Å². The highest BCUT2D eigenvalue weighted by Crippen LogP contribution is 2.43. The minimum absolute atomic E-state index is 0.0404. The number of amides is 2. The van der Waals surface area contributed by atoms with Crippen LogP contribution in [0, 0.1) is 0 Å². The lowest BCUT2D eigenvalue weighted by atomic mass is 9.79. The molecule has 2 aliphatic rings. The smallest absolute Gasteiger partial charge is 0.254 e. The molecule has 2 aromatic carbocycles. The van der Waals surface area contributed by atoms with Crippen LogP contribution in [0.3, 0.4) is 0 Å². The number of ether oxygens (including phenoxy) is 1. The molecule has 2 aromatic rings. The van der Waals surface area contributed by atoms with E-state index in [1.54, 1.807) is 19.1 Å². The Morgan fingerprint density at radius 1 is 0.966 bits per heavy atom. The Morgan fingerprint density at radius 2 is 1.62 bits per heavy atom. The summed E-state index contributed by atoms with van der Waals surface area (Å²) in [5, 5.41) is 0. The normalized spacial score (nSPS) is 22.1. The molecule has 2 aliphatic heterocycles. The van der Waals surface area contributed by atoms with E-state index in [0.29, 0.717) is 5.56 Å². The summed E-state index contributed by atoms with van der Waals surface area (Å²) in [6, 6.07) is 14.9. The van der Waals surface area contributed by atoms with Crippen molar-refractivity contribution >= 4 is 11.8 Å². The van der Waals surface area contributed by atoms with Crippen LogP contribution in [0.5, 0.6) is 5.75 Å². The van der Waals surface area contributed by atoms with Crippen molar-refractivity contribution in [2.45, 2.75) is 37.6 Å². The van der Waals surface area contributed by atoms with Crippen molar-refractivity contribution in [3.63, 3.8) is 0 Å². The fourth-order valence-electron chi connectivity index (χ4n) is 4.65. The van der Waals surface area contributed by atoms with Gasteiger partial charge in [-0.1, -0.05) is 43.2 Å². The van der Waals surface area contributed by atoms with Gasteiger partial charge in [0.15, 0.2) is 0 Å². The molecule has 5 nitrogen and oxygen atoms in total. The van der Waals surface area contributed by atoms with Crippen LogP contribution in [0.4, 0.5) is 0 Å². The predicted octanol–water partition coefficient (Wildman–Crippen LogP) is 4.01. The van der Waals surface area contributed by atoms with Crippen LogP contribution in [-0.2, 0) is 4.79 Å². The van der Waals surface area contributed by atoms with Crippen molar-refractivity contribution in [1.82, 2.24) is 9.80 Å². The lowest BCUT2D eigenvalue weighted by Crippen LogP contribution is -2.47. The minimum atomic E-state index is -0.402. The topological polar surface area (TPSA) is 49.9 Å². The maximum absolute atomic E-state index is 13.8. The van der Waals surface area contributed by atoms with Crippen molar-refractivity contribution < 1.29 is 14.3 Å². The van der Waals surface area contributed by atoms with Gasteiger partial charge < -0.3 is 14.5 Å². The lowest BCUT2D eigenvalue weighted by molar-refractivity contribution is -0.134. The maximum atomic E-state index is 13.8. The lowest BCUT2D eigenvalue weighted by Gasteiger charge is -2.41. The highest BCUT2D eigenvalue weighted by molar-refractivity contribution is 6.01. The van der Waals surface area contributed by atoms with Crippen LogP contribution in [-0.4, -0.2) is 48.9 Å². The van der Waals surface area contributed by atoms with Gasteiger partial charge in [-0.15, -0.1) is 0 Å². The van der Waals surface area contributed by atoms with Gasteiger partial charge >= 0.3 is 0 Å². The zero-order chi connectivity index (χ0) is 20.4. The minimum Gasteiger partial charge on any atom is -0.497 e. The largest absolute Gasteiger partial charge is 0.497 e. The number of hydrogen-bond acceptors (Lipinski definition) is 3. The molecule has 152 valence electrons. The Balaban J connectivity index is 1.79. The average Bonchev–Trinajstić information content (AvgIpc) is 3.05. The molecule has 1 saturated heterocycles. The number of carbonyl (C=O) groups excluding carboxylic acids is 2. The van der Waals surface area contributed by atoms with Crippen molar-refractivity contribution in [2.24, 2.45) is 0 Å². The number of nitrogens with zero attached hydrogens (tertiary/aromatic N) is 2. The molecule has 0 saturated carbocycles. The summed E-state index contributed by atoms with van der Waals surface area (Å²) in [6.45, 7) is 1.59. The molecule has 0 aliphatic carbocycles. The second-order valence-electron chi connectivity index (χ2n) is 7.94. The molecule has 4 rings (SSSR count). The van der Waals surface area contributed by atoms with Crippen LogP contribution < -0.4 is 4.74 Å². The van der Waals surface area contributed by atoms with Gasteiger partial charge in [-0.05, 0) is 42.2 Å². The average molecular weight is 392 g/mol. The summed E-state index contributed by atoms with van der Waals surface area (Å²) >= 11 is 0. The molecule has 2 heterocycles. The number of rotatable bonds is 3. The first kappa shape index (κ1) is 19.5. The quantitative estimate of drug-likeness (QED) is 0.793. The highest BCUT2D eigenvalue weighted by atomic mass is 16.5. The summed E-state index contributed by atoms with van der Waals surface area (Å²) in [7, 11) is 3.43. The van der Waals surface area contributed by atoms with Crippen LogP contribution in [0.1, 0.15) is 59.1 Å². The Hall–Kier alpha value is -2.82. The van der Waals surface area contributed by atoms with Gasteiger partial charge in [-0.3, -0.25) is 9.59 Å². The van der Waals surface area contributed by atoms with E-state index >= 15 is 0 Å². The SMILES string of the molecule is COc1ccc([C@@H]2[C@H](C(=O)N3CCCCCC3)c3ccccc3C(=O)N2C)cc1. The number of carbonyl (C=O) groups is 2. The molecule has 0 spiro atoms. The van der Waals surface area contributed by atoms with Crippen molar-refractivity contribution in [3.05, 3.63) is 65.2 Å². The van der Waals surface area contributed by atoms with E-state index in [1.807, 2.05) is 53.4 Å². The first-order valence-corrected chi connectivity index (χ1v) is 10.4. The van der Waals surface area contributed by atoms with Crippen LogP contribution in [0.15, 0.2) is 48.5 Å². The third kappa shape index (κ3) is 3.61. The van der Waals surface area contributed by atoms with Gasteiger partial charge in [0.05, 0.1) is 19.1 Å². The van der Waals surface area contributed by atoms with E-state index in [9.17, 15) is 9.59 Å². The highest BCUT2D eigenvalue weighted by Gasteiger charge is 2.43. The van der Waals surface area contributed by atoms with Crippen molar-refractivity contribution in [1.29, 1.82) is 0 Å². The van der Waals surface area contributed by atoms with E-state index in [0.717, 1.165) is 42.8 Å². The zero-order valence-corrected chi connectivity index (χ0v) is 17.1. The number of hydrogen-bond donors (Lipinski definition) is 0. The number of likely N-dealkylation sites (N-methyl/N-ethyl adjacent to an activating group) is 1. The molecule has 0 bridgehead atoms. The molecule has 5 heteroatoms. The third-order valence-corrected chi connectivity index (χ3v) is 6.22. The van der Waals surface area contributed by atoms with E-state index < -0.39 is 5.92 Å². The fourth-order valence-corrected chi connectivity index (χ4v) is 4.65. The van der Waals surface area contributed by atoms with Gasteiger partial charge in [0.1, 0.15) is 5.75 Å². The molecule has 1 fully saturated rings. The predicted molar refractivity (Wildman–Crippen MR) is 112 cm³/mol. The summed E-state index contributed by atoms with van der Waals surface area (Å²) in [5.74, 6) is 0.440. The number of benzene rings is 2. The molecule has 0 aromatic heterocycles. The van der Waals surface area contributed by atoms with Crippen molar-refractivity contribution in [3.8, 4) is 5.75 Å². The molecule has 0 radical (unpaired) electrons. The number of fused-ring (bicyclic) bond motifs is 1. The fraction of sp³-hybridized carbons (Fsp3) is 0.417. The first-order chi connectivity index (χ1) is 14.1. The monoisotopic (exact) mass is 392 g/mol. The van der Waals surface area contributed by atoms with Crippen LogP contribution in [0.25, 0.3) is 0 Å². The van der Waals surface area contributed by atoms with Gasteiger partial charge in [-0.2, -0.15) is 0 Å². The summed E-state index contributed by atoms with van der Waals surface area (Å²) in [6.07, 6.45) is 4.43. The van der Waals surface area contributed by atoms with E-state index in [1.165, 1.54) is 12.8 Å². The molecule has 2 amide bonds. The summed E-state index contributed by atoms with van der Waals surface area (Å²) in [5.41, 5.74) is 2.42. The second kappa shape index (κ2) is 8.27. The zero-order valence-electron chi connectivity index (χ0n) is 17.1. The Kier molecular flexibility index (Phi) is 5.56. The van der Waals surface area contributed by atoms with Gasteiger partial charge in [0.2, 0.25) is 5.91 Å². The molecule has 2 atom stereocenters. The molecular formula is C24H28N2O3. The number of likely N-dealkylation sites (tertiary alicyclic amines) is 1. The Bertz CT molecular complexity index is 885. The van der Waals surface area contributed by atoms with E-state index in [-0.39, 0.29) is 17.9 Å². The molecule has 29 heavy (non-hydrogen) atoms. The maximum Gasteiger partial charge on any atom is 0.254 e. The van der Waals surface area contributed by atoms with Crippen molar-refractivity contribution in [2.75, 3.05) is 27.2 Å². The molecular weight excluding hydrogens is 364 g/mol. The van der Waals surface area contributed by atoms with E-state index in [2.05, 4.69) is 0 Å². The molecule has 0 N–H and O–H groups in total. The van der Waals surface area contributed by atoms with Crippen LogP contribution >= 0.6 is 0 Å².